The third-order valence-electron chi connectivity index (χ3n) is 7.42. The number of carbonyl (C=O) groups is 1. The van der Waals surface area contributed by atoms with Gasteiger partial charge in [0.05, 0.1) is 29.5 Å². The van der Waals surface area contributed by atoms with Crippen molar-refractivity contribution >= 4 is 27.5 Å². The zero-order valence-electron chi connectivity index (χ0n) is 22.8. The van der Waals surface area contributed by atoms with Gasteiger partial charge in [0.25, 0.3) is 0 Å². The van der Waals surface area contributed by atoms with Crippen LogP contribution in [-0.4, -0.2) is 35.5 Å². The van der Waals surface area contributed by atoms with Gasteiger partial charge in [0.2, 0.25) is 15.9 Å². The maximum atomic E-state index is 15.4. The second-order valence-corrected chi connectivity index (χ2v) is 13.8. The van der Waals surface area contributed by atoms with E-state index in [2.05, 4.69) is 0 Å². The van der Waals surface area contributed by atoms with Crippen molar-refractivity contribution in [3.8, 4) is 5.69 Å². The molecule has 3 aromatic rings. The number of benzene rings is 2. The standard InChI is InChI=1S/C29H36ClFN4O3S/c1-29(2,3)26-17-23(35(33-26)22-12-8-11-21(30)16-22)18-34(4)39(37,38)25-14-13-20(15-24(25)31)27(28(32)36)19-9-6-5-7-10-19/h8,11-17,19,27H,5-7,9-10,18H2,1-4H3,(H2,32,36). The number of aromatic nitrogens is 2. The number of amides is 1. The molecule has 0 aliphatic heterocycles. The molecule has 1 saturated carbocycles. The minimum Gasteiger partial charge on any atom is -0.369 e. The summed E-state index contributed by atoms with van der Waals surface area (Å²) in [6.07, 6.45) is 4.78. The largest absolute Gasteiger partial charge is 0.369 e. The maximum absolute atomic E-state index is 15.4. The lowest BCUT2D eigenvalue weighted by Crippen LogP contribution is -2.30. The molecule has 0 spiro atoms. The van der Waals surface area contributed by atoms with Crippen molar-refractivity contribution in [2.45, 2.75) is 75.6 Å². The van der Waals surface area contributed by atoms with E-state index in [1.807, 2.05) is 32.9 Å². The van der Waals surface area contributed by atoms with Gasteiger partial charge < -0.3 is 5.73 Å². The van der Waals surface area contributed by atoms with E-state index < -0.39 is 32.6 Å². The SMILES string of the molecule is CN(Cc1cc(C(C)(C)C)nn1-c1cccc(Cl)c1)S(=O)(=O)c1ccc(C(C(N)=O)C2CCCCC2)cc1F. The Morgan fingerprint density at radius 1 is 1.15 bits per heavy atom. The fourth-order valence-electron chi connectivity index (χ4n) is 5.27. The number of hydrogen-bond acceptors (Lipinski definition) is 4. The van der Waals surface area contributed by atoms with Gasteiger partial charge in [-0.2, -0.15) is 9.40 Å². The molecule has 2 N–H and O–H groups in total. The first-order valence-electron chi connectivity index (χ1n) is 13.2. The number of rotatable bonds is 8. The Hall–Kier alpha value is -2.75. The normalized spacial score (nSPS) is 16.0. The molecule has 10 heteroatoms. The first-order valence-corrected chi connectivity index (χ1v) is 15.0. The topological polar surface area (TPSA) is 98.3 Å². The van der Waals surface area contributed by atoms with Crippen molar-refractivity contribution in [2.24, 2.45) is 11.7 Å². The fourth-order valence-corrected chi connectivity index (χ4v) is 6.64. The molecule has 1 aliphatic rings. The highest BCUT2D eigenvalue weighted by molar-refractivity contribution is 7.89. The summed E-state index contributed by atoms with van der Waals surface area (Å²) in [6.45, 7) is 6.01. The summed E-state index contributed by atoms with van der Waals surface area (Å²) in [5.41, 5.74) is 7.92. The number of nitrogens with two attached hydrogens (primary N) is 1. The van der Waals surface area contributed by atoms with Crippen LogP contribution in [0.15, 0.2) is 53.4 Å². The van der Waals surface area contributed by atoms with Crippen LogP contribution >= 0.6 is 11.6 Å². The van der Waals surface area contributed by atoms with Crippen molar-refractivity contribution in [3.05, 3.63) is 76.3 Å². The van der Waals surface area contributed by atoms with E-state index in [-0.39, 0.29) is 17.9 Å². The molecule has 1 aromatic heterocycles. The summed E-state index contributed by atoms with van der Waals surface area (Å²) in [7, 11) is -2.81. The highest BCUT2D eigenvalue weighted by Crippen LogP contribution is 2.37. The van der Waals surface area contributed by atoms with Crippen LogP contribution < -0.4 is 5.73 Å². The molecule has 0 radical (unpaired) electrons. The quantitative estimate of drug-likeness (QED) is 0.360. The molecular weight excluding hydrogens is 539 g/mol. The third-order valence-corrected chi connectivity index (χ3v) is 9.49. The van der Waals surface area contributed by atoms with E-state index in [4.69, 9.17) is 22.4 Å². The van der Waals surface area contributed by atoms with Crippen LogP contribution in [0.3, 0.4) is 0 Å². The van der Waals surface area contributed by atoms with Gasteiger partial charge >= 0.3 is 0 Å². The molecule has 0 saturated heterocycles. The van der Waals surface area contributed by atoms with Crippen LogP contribution in [0.1, 0.15) is 75.7 Å². The van der Waals surface area contributed by atoms with Crippen molar-refractivity contribution < 1.29 is 17.6 Å². The Kier molecular flexibility index (Phi) is 8.54. The maximum Gasteiger partial charge on any atom is 0.246 e. The average Bonchev–Trinajstić information content (AvgIpc) is 3.29. The van der Waals surface area contributed by atoms with Crippen molar-refractivity contribution in [3.63, 3.8) is 0 Å². The smallest absolute Gasteiger partial charge is 0.246 e. The predicted molar refractivity (Wildman–Crippen MR) is 151 cm³/mol. The molecule has 39 heavy (non-hydrogen) atoms. The molecule has 210 valence electrons. The summed E-state index contributed by atoms with van der Waals surface area (Å²) in [5, 5.41) is 5.25. The molecule has 2 aromatic carbocycles. The molecule has 1 amide bonds. The van der Waals surface area contributed by atoms with Gasteiger partial charge in [-0.05, 0) is 60.7 Å². The van der Waals surface area contributed by atoms with E-state index >= 15 is 4.39 Å². The average molecular weight is 575 g/mol. The lowest BCUT2D eigenvalue weighted by atomic mass is 9.76. The van der Waals surface area contributed by atoms with E-state index in [1.54, 1.807) is 22.9 Å². The Morgan fingerprint density at radius 3 is 2.44 bits per heavy atom. The van der Waals surface area contributed by atoms with Crippen LogP contribution in [0.5, 0.6) is 0 Å². The zero-order chi connectivity index (χ0) is 28.5. The minimum atomic E-state index is -4.21. The molecule has 1 atom stereocenters. The van der Waals surface area contributed by atoms with E-state index in [0.717, 1.165) is 48.2 Å². The molecule has 1 fully saturated rings. The second kappa shape index (κ2) is 11.4. The van der Waals surface area contributed by atoms with E-state index in [9.17, 15) is 13.2 Å². The Bertz CT molecular complexity index is 1460. The number of nitrogens with zero attached hydrogens (tertiary/aromatic N) is 3. The Balaban J connectivity index is 1.65. The lowest BCUT2D eigenvalue weighted by molar-refractivity contribution is -0.120. The zero-order valence-corrected chi connectivity index (χ0v) is 24.4. The molecular formula is C29H36ClFN4O3S. The van der Waals surface area contributed by atoms with Gasteiger partial charge in [-0.15, -0.1) is 0 Å². The summed E-state index contributed by atoms with van der Waals surface area (Å²) in [4.78, 5) is 11.8. The number of primary amides is 1. The van der Waals surface area contributed by atoms with Crippen molar-refractivity contribution in [1.29, 1.82) is 0 Å². The molecule has 0 bridgehead atoms. The van der Waals surface area contributed by atoms with Crippen molar-refractivity contribution in [2.75, 3.05) is 7.05 Å². The number of sulfonamides is 1. The summed E-state index contributed by atoms with van der Waals surface area (Å²) < 4.78 is 45.2. The molecule has 7 nitrogen and oxygen atoms in total. The van der Waals surface area contributed by atoms with Crippen LogP contribution in [0.25, 0.3) is 5.69 Å². The second-order valence-electron chi connectivity index (χ2n) is 11.4. The van der Waals surface area contributed by atoms with Gasteiger partial charge in [0.15, 0.2) is 0 Å². The minimum absolute atomic E-state index is 0.0320. The van der Waals surface area contributed by atoms with Gasteiger partial charge in [0.1, 0.15) is 10.7 Å². The third kappa shape index (κ3) is 6.36. The Morgan fingerprint density at radius 2 is 1.85 bits per heavy atom. The molecule has 4 rings (SSSR count). The summed E-state index contributed by atoms with van der Waals surface area (Å²) >= 11 is 6.21. The molecule has 1 unspecified atom stereocenters. The number of carbonyl (C=O) groups excluding carboxylic acids is 1. The van der Waals surface area contributed by atoms with Gasteiger partial charge in [0, 0.05) is 17.5 Å². The van der Waals surface area contributed by atoms with Crippen LogP contribution in [0, 0.1) is 11.7 Å². The van der Waals surface area contributed by atoms with Crippen LogP contribution in [0.2, 0.25) is 5.02 Å². The van der Waals surface area contributed by atoms with Crippen LogP contribution in [-0.2, 0) is 26.8 Å². The highest BCUT2D eigenvalue weighted by Gasteiger charge is 2.32. The number of hydrogen-bond donors (Lipinski definition) is 1. The van der Waals surface area contributed by atoms with E-state index in [1.165, 1.54) is 19.2 Å². The monoisotopic (exact) mass is 574 g/mol. The fraction of sp³-hybridized carbons (Fsp3) is 0.448. The summed E-state index contributed by atoms with van der Waals surface area (Å²) in [6, 6.07) is 12.9. The van der Waals surface area contributed by atoms with Gasteiger partial charge in [-0.25, -0.2) is 17.5 Å². The van der Waals surface area contributed by atoms with Crippen molar-refractivity contribution in [1.82, 2.24) is 14.1 Å². The van der Waals surface area contributed by atoms with E-state index in [0.29, 0.717) is 22.0 Å². The first-order chi connectivity index (χ1) is 18.3. The molecule has 1 heterocycles. The van der Waals surface area contributed by atoms with Crippen LogP contribution in [0.4, 0.5) is 4.39 Å². The van der Waals surface area contributed by atoms with Gasteiger partial charge in [-0.3, -0.25) is 4.79 Å². The Labute approximate surface area is 235 Å². The lowest BCUT2D eigenvalue weighted by Gasteiger charge is -2.28. The van der Waals surface area contributed by atoms with Gasteiger partial charge in [-0.1, -0.05) is 63.8 Å². The number of halogens is 2. The summed E-state index contributed by atoms with van der Waals surface area (Å²) in [5.74, 6) is -2.03. The first kappa shape index (κ1) is 29.2. The predicted octanol–water partition coefficient (Wildman–Crippen LogP) is 5.93. The highest BCUT2D eigenvalue weighted by atomic mass is 35.5. The molecule has 1 aliphatic carbocycles.